The van der Waals surface area contributed by atoms with E-state index in [0.717, 1.165) is 22.4 Å². The SMILES string of the molecule is CC(N)=NC(NC(=O)C(N=C(N)N)NC(=O)C(N=C(N)N)NC(=O)C(NC(=O)C(CO)N(Cc1cc2ccccc2c2ccccc12)c1c([N+](=O)[O-])cc(C#N)cc1[N+](=O)[O-])c1ccccc1)C(=O)NC(N=C(N)N)C(N)=O. The molecule has 0 aliphatic carbocycles. The summed E-state index contributed by atoms with van der Waals surface area (Å²) < 4.78 is 0. The number of amidine groups is 1. The molecule has 5 rings (SSSR count). The maximum atomic E-state index is 14.9. The third-order valence-corrected chi connectivity index (χ3v) is 10.9. The summed E-state index contributed by atoms with van der Waals surface area (Å²) in [5.41, 5.74) is 41.0. The highest BCUT2D eigenvalue weighted by Crippen LogP contribution is 2.42. The fourth-order valence-electron chi connectivity index (χ4n) is 7.69. The van der Waals surface area contributed by atoms with Crippen molar-refractivity contribution in [3.63, 3.8) is 0 Å². The minimum absolute atomic E-state index is 0.0115. The Bertz CT molecular complexity index is 3300. The van der Waals surface area contributed by atoms with Gasteiger partial charge in [0, 0.05) is 18.7 Å². The lowest BCUT2D eigenvalue weighted by Gasteiger charge is -2.33. The molecule has 0 spiro atoms. The maximum Gasteiger partial charge on any atom is 0.301 e. The number of nitrogens with zero attached hydrogens (tertiary/aromatic N) is 8. The molecule has 0 heterocycles. The second-order valence-electron chi connectivity index (χ2n) is 16.4. The van der Waals surface area contributed by atoms with Gasteiger partial charge in [0.05, 0.1) is 33.9 Å². The molecule has 0 aliphatic rings. The number of guanidine groups is 3. The highest BCUT2D eigenvalue weighted by Gasteiger charge is 2.40. The molecule has 0 bridgehead atoms. The topological polar surface area (TPSA) is 554 Å². The van der Waals surface area contributed by atoms with E-state index in [0.29, 0.717) is 21.7 Å². The molecule has 5 aromatic rings. The monoisotopic (exact) mass is 1070 g/mol. The van der Waals surface area contributed by atoms with E-state index < -0.39 is 136 Å². The zero-order valence-electron chi connectivity index (χ0n) is 40.8. The van der Waals surface area contributed by atoms with Crippen LogP contribution in [0.5, 0.6) is 0 Å². The first-order valence-electron chi connectivity index (χ1n) is 22.5. The van der Waals surface area contributed by atoms with Crippen LogP contribution in [0.1, 0.15) is 29.7 Å². The smallest absolute Gasteiger partial charge is 0.301 e. The van der Waals surface area contributed by atoms with Crippen molar-refractivity contribution < 1.29 is 43.7 Å². The van der Waals surface area contributed by atoms with E-state index in [9.17, 15) is 59.4 Å². The van der Waals surface area contributed by atoms with Gasteiger partial charge >= 0.3 is 11.4 Å². The third-order valence-electron chi connectivity index (χ3n) is 10.9. The molecular weight excluding hydrogens is 1020 g/mol. The number of aliphatic hydroxyl groups is 1. The van der Waals surface area contributed by atoms with Crippen molar-refractivity contribution in [2.24, 2.45) is 65.8 Å². The molecule has 0 fully saturated rings. The predicted molar refractivity (Wildman–Crippen MR) is 282 cm³/mol. The number of anilines is 1. The maximum absolute atomic E-state index is 14.9. The molecule has 0 aromatic heterocycles. The fraction of sp³-hybridized carbons (Fsp3) is 0.196. The second-order valence-corrected chi connectivity index (χ2v) is 16.4. The van der Waals surface area contributed by atoms with Crippen molar-refractivity contribution in [1.82, 2.24) is 26.6 Å². The van der Waals surface area contributed by atoms with Crippen LogP contribution < -0.4 is 77.4 Å². The molecule has 78 heavy (non-hydrogen) atoms. The zero-order chi connectivity index (χ0) is 57.5. The fourth-order valence-corrected chi connectivity index (χ4v) is 7.69. The number of benzene rings is 5. The molecule has 0 saturated heterocycles. The van der Waals surface area contributed by atoms with Crippen LogP contribution in [0.2, 0.25) is 0 Å². The predicted octanol–water partition coefficient (Wildman–Crippen LogP) is -3.64. The van der Waals surface area contributed by atoms with Gasteiger partial charge in [-0.2, -0.15) is 5.26 Å². The Morgan fingerprint density at radius 3 is 1.53 bits per heavy atom. The summed E-state index contributed by atoms with van der Waals surface area (Å²) in [4.78, 5) is 121. The lowest BCUT2D eigenvalue weighted by atomic mass is 9.96. The number of nitriles is 1. The van der Waals surface area contributed by atoms with Gasteiger partial charge in [-0.1, -0.05) is 78.9 Å². The van der Waals surface area contributed by atoms with E-state index in [2.05, 4.69) is 41.2 Å². The minimum atomic E-state index is -2.23. The van der Waals surface area contributed by atoms with Crippen LogP contribution in [0.15, 0.2) is 117 Å². The Morgan fingerprint density at radius 2 is 1.05 bits per heavy atom. The molecule has 6 unspecified atom stereocenters. The normalized spacial score (nSPS) is 13.3. The number of fused-ring (bicyclic) bond motifs is 3. The number of aliphatic hydroxyl groups excluding tert-OH is 1. The molecule has 5 aromatic carbocycles. The highest BCUT2D eigenvalue weighted by atomic mass is 16.6. The van der Waals surface area contributed by atoms with Gasteiger partial charge in [0.1, 0.15) is 12.1 Å². The van der Waals surface area contributed by atoms with E-state index in [4.69, 9.17) is 45.9 Å². The lowest BCUT2D eigenvalue weighted by molar-refractivity contribution is -0.392. The lowest BCUT2D eigenvalue weighted by Crippen LogP contribution is -2.58. The summed E-state index contributed by atoms with van der Waals surface area (Å²) in [5, 5.41) is 60.1. The number of nitrogens with two attached hydrogens (primary N) is 8. The standard InChI is InChI=1S/C46H51N21O11/c1-21(48)56-36(41(72)58-35(34(49)69)62-44(50)51)60-43(74)38(64-46(54)55)61-42(73)37(63-45(52)53)59-40(71)32(23-9-3-2-4-10-23)57-39(70)31(20-68)65(33-29(66(75)76)15-22(18-47)16-30(33)67(77)78)19-25-17-24-11-5-6-12-26(24)28-14-8-7-13-27(25)28/h2-17,31-32,35-38,68H,19-20H2,1H3,(H2,48,56)(H2,49,69)(H,57,70)(H,58,72)(H,59,71)(H,60,74)(H,61,73)(H4,50,51,62)(H4,52,53,63)(H4,54,55,64). The molecule has 32 heteroatoms. The van der Waals surface area contributed by atoms with E-state index in [1.165, 1.54) is 37.3 Å². The Morgan fingerprint density at radius 1 is 0.603 bits per heavy atom. The first kappa shape index (κ1) is 57.7. The molecule has 0 aliphatic heterocycles. The first-order valence-corrected chi connectivity index (χ1v) is 22.5. The average molecular weight is 1070 g/mol. The number of primary amides is 1. The summed E-state index contributed by atoms with van der Waals surface area (Å²) in [6, 6.07) is 22.2. The largest absolute Gasteiger partial charge is 0.394 e. The first-order chi connectivity index (χ1) is 36.9. The summed E-state index contributed by atoms with van der Waals surface area (Å²) in [5.74, 6) is -10.6. The summed E-state index contributed by atoms with van der Waals surface area (Å²) in [6.07, 6.45) is -8.33. The molecular formula is C46H51N21O11. The van der Waals surface area contributed by atoms with Crippen LogP contribution >= 0.6 is 0 Å². The number of carbonyl (C=O) groups is 6. The molecule has 6 atom stereocenters. The Balaban J connectivity index is 1.56. The van der Waals surface area contributed by atoms with Gasteiger partial charge in [-0.25, -0.2) is 20.0 Å². The number of nitrogens with one attached hydrogen (secondary N) is 5. The Kier molecular flexibility index (Phi) is 18.9. The Labute approximate surface area is 439 Å². The van der Waals surface area contributed by atoms with Crippen LogP contribution in [0.4, 0.5) is 17.1 Å². The number of amides is 6. The minimum Gasteiger partial charge on any atom is -0.394 e. The molecule has 406 valence electrons. The van der Waals surface area contributed by atoms with Crippen LogP contribution in [0.3, 0.4) is 0 Å². The number of nitro groups is 2. The molecule has 32 nitrogen and oxygen atoms in total. The Hall–Kier alpha value is -11.2. The van der Waals surface area contributed by atoms with E-state index >= 15 is 0 Å². The van der Waals surface area contributed by atoms with Gasteiger partial charge in [-0.15, -0.1) is 0 Å². The van der Waals surface area contributed by atoms with Crippen molar-refractivity contribution in [2.75, 3.05) is 11.5 Å². The van der Waals surface area contributed by atoms with Crippen molar-refractivity contribution in [2.45, 2.75) is 50.2 Å². The van der Waals surface area contributed by atoms with Gasteiger partial charge in [-0.3, -0.25) is 49.0 Å². The highest BCUT2D eigenvalue weighted by molar-refractivity contribution is 6.09. The van der Waals surface area contributed by atoms with Gasteiger partial charge in [0.15, 0.2) is 23.6 Å². The van der Waals surface area contributed by atoms with Crippen molar-refractivity contribution in [1.29, 1.82) is 5.26 Å². The summed E-state index contributed by atoms with van der Waals surface area (Å²) >= 11 is 0. The van der Waals surface area contributed by atoms with Gasteiger partial charge < -0.3 is 82.5 Å². The number of rotatable bonds is 23. The average Bonchev–Trinajstić information content (AvgIpc) is 3.45. The van der Waals surface area contributed by atoms with Crippen molar-refractivity contribution in [3.05, 3.63) is 134 Å². The number of nitro benzene ring substituents is 2. The van der Waals surface area contributed by atoms with Crippen LogP contribution in [-0.2, 0) is 35.3 Å². The number of hydrogen-bond acceptors (Lipinski definition) is 17. The van der Waals surface area contributed by atoms with Crippen LogP contribution in [0.25, 0.3) is 21.5 Å². The zero-order valence-corrected chi connectivity index (χ0v) is 40.8. The van der Waals surface area contributed by atoms with Crippen molar-refractivity contribution in [3.8, 4) is 6.07 Å². The third kappa shape index (κ3) is 14.5. The van der Waals surface area contributed by atoms with Gasteiger partial charge in [0.2, 0.25) is 36.5 Å². The van der Waals surface area contributed by atoms with E-state index in [-0.39, 0.29) is 11.4 Å². The second kappa shape index (κ2) is 25.6. The van der Waals surface area contributed by atoms with Crippen molar-refractivity contribution >= 4 is 97.8 Å². The quantitative estimate of drug-likeness (QED) is 0.00986. The number of carbonyl (C=O) groups excluding carboxylic acids is 6. The van der Waals surface area contributed by atoms with E-state index in [1.807, 2.05) is 11.4 Å². The molecule has 22 N–H and O–H groups in total. The van der Waals surface area contributed by atoms with Gasteiger partial charge in [0.25, 0.3) is 23.6 Å². The molecule has 6 amide bonds. The molecule has 0 saturated carbocycles. The van der Waals surface area contributed by atoms with E-state index in [1.54, 1.807) is 54.6 Å². The number of hydrogen-bond donors (Lipinski definition) is 14. The van der Waals surface area contributed by atoms with Crippen LogP contribution in [0, 0.1) is 31.6 Å². The summed E-state index contributed by atoms with van der Waals surface area (Å²) in [6.45, 7) is -0.562. The molecule has 0 radical (unpaired) electrons. The summed E-state index contributed by atoms with van der Waals surface area (Å²) in [7, 11) is 0. The number of aliphatic imine (C=N–C) groups is 4. The van der Waals surface area contributed by atoms with Gasteiger partial charge in [-0.05, 0) is 45.7 Å². The van der Waals surface area contributed by atoms with Crippen LogP contribution in [-0.4, -0.2) is 111 Å².